The number of carboxylic acid groups (broad SMARTS) is 1. The number of rotatable bonds is 5. The molecule has 0 saturated carbocycles. The Balaban J connectivity index is 2.18. The Labute approximate surface area is 84.0 Å². The van der Waals surface area contributed by atoms with E-state index in [2.05, 4.69) is 15.6 Å². The van der Waals surface area contributed by atoms with Crippen molar-refractivity contribution in [1.29, 1.82) is 0 Å². The van der Waals surface area contributed by atoms with Crippen LogP contribution in [0.5, 0.6) is 0 Å². The number of hydrogen-bond donors (Lipinski definition) is 3. The quantitative estimate of drug-likeness (QED) is 0.630. The van der Waals surface area contributed by atoms with Gasteiger partial charge in [-0.25, -0.2) is 4.98 Å². The molecule has 3 N–H and O–H groups in total. The molecule has 14 heavy (non-hydrogen) atoms. The highest BCUT2D eigenvalue weighted by atomic mass is 32.1. The van der Waals surface area contributed by atoms with E-state index in [1.54, 1.807) is 11.6 Å². The van der Waals surface area contributed by atoms with Gasteiger partial charge in [-0.15, -0.1) is 11.3 Å². The summed E-state index contributed by atoms with van der Waals surface area (Å²) < 4.78 is 0. The lowest BCUT2D eigenvalue weighted by Crippen LogP contribution is -2.33. The summed E-state index contributed by atoms with van der Waals surface area (Å²) >= 11 is 1.37. The van der Waals surface area contributed by atoms with E-state index in [4.69, 9.17) is 5.11 Å². The summed E-state index contributed by atoms with van der Waals surface area (Å²) in [6, 6.07) is 0. The third-order valence-corrected chi connectivity index (χ3v) is 2.00. The largest absolute Gasteiger partial charge is 0.480 e. The van der Waals surface area contributed by atoms with E-state index in [0.29, 0.717) is 5.13 Å². The fraction of sp³-hybridized carbons (Fsp3) is 0.286. The van der Waals surface area contributed by atoms with Crippen molar-refractivity contribution < 1.29 is 14.7 Å². The van der Waals surface area contributed by atoms with Gasteiger partial charge in [0.1, 0.15) is 6.54 Å². The Kier molecular flexibility index (Phi) is 3.86. The standard InChI is InChI=1S/C7H9N3O3S/c11-5(9-4-6(12)13)3-10-7-8-1-2-14-7/h1-2H,3-4H2,(H,8,10)(H,9,11)(H,12,13). The van der Waals surface area contributed by atoms with Crippen LogP contribution in [-0.2, 0) is 9.59 Å². The highest BCUT2D eigenvalue weighted by Gasteiger charge is 2.03. The van der Waals surface area contributed by atoms with Crippen LogP contribution < -0.4 is 10.6 Å². The fourth-order valence-electron chi connectivity index (χ4n) is 0.703. The second-order valence-electron chi connectivity index (χ2n) is 2.36. The van der Waals surface area contributed by atoms with Crippen LogP contribution in [0.1, 0.15) is 0 Å². The molecule has 1 rings (SSSR count). The van der Waals surface area contributed by atoms with E-state index >= 15 is 0 Å². The SMILES string of the molecule is O=C(O)CNC(=O)CNc1nccs1. The van der Waals surface area contributed by atoms with Crippen LogP contribution in [-0.4, -0.2) is 35.1 Å². The molecule has 0 spiro atoms. The minimum atomic E-state index is -1.06. The molecule has 0 atom stereocenters. The highest BCUT2D eigenvalue weighted by molar-refractivity contribution is 7.13. The Morgan fingerprint density at radius 2 is 2.29 bits per heavy atom. The zero-order valence-electron chi connectivity index (χ0n) is 7.19. The number of aliphatic carboxylic acids is 1. The topological polar surface area (TPSA) is 91.3 Å². The van der Waals surface area contributed by atoms with E-state index in [0.717, 1.165) is 0 Å². The normalized spacial score (nSPS) is 9.43. The van der Waals surface area contributed by atoms with Gasteiger partial charge in [-0.2, -0.15) is 0 Å². The zero-order chi connectivity index (χ0) is 10.4. The average Bonchev–Trinajstić information content (AvgIpc) is 2.63. The summed E-state index contributed by atoms with van der Waals surface area (Å²) in [4.78, 5) is 25.0. The molecule has 1 aromatic rings. The van der Waals surface area contributed by atoms with Crippen LogP contribution in [0.25, 0.3) is 0 Å². The molecular formula is C7H9N3O3S. The van der Waals surface area contributed by atoms with Crippen LogP contribution >= 0.6 is 11.3 Å². The summed E-state index contributed by atoms with van der Waals surface area (Å²) in [7, 11) is 0. The van der Waals surface area contributed by atoms with Gasteiger partial charge >= 0.3 is 5.97 Å². The van der Waals surface area contributed by atoms with Gasteiger partial charge < -0.3 is 15.7 Å². The molecule has 1 heterocycles. The monoisotopic (exact) mass is 215 g/mol. The van der Waals surface area contributed by atoms with Crippen LogP contribution in [0.3, 0.4) is 0 Å². The third-order valence-electron chi connectivity index (χ3n) is 1.27. The predicted octanol–water partition coefficient (Wildman–Crippen LogP) is -0.244. The molecule has 0 radical (unpaired) electrons. The van der Waals surface area contributed by atoms with Crippen LogP contribution in [0, 0.1) is 0 Å². The van der Waals surface area contributed by atoms with Crippen molar-refractivity contribution in [2.75, 3.05) is 18.4 Å². The molecule has 0 aliphatic heterocycles. The predicted molar refractivity (Wildman–Crippen MR) is 51.2 cm³/mol. The van der Waals surface area contributed by atoms with E-state index < -0.39 is 5.97 Å². The van der Waals surface area contributed by atoms with Crippen LogP contribution in [0.15, 0.2) is 11.6 Å². The Bertz CT molecular complexity index is 312. The van der Waals surface area contributed by atoms with E-state index in [-0.39, 0.29) is 19.0 Å². The number of nitrogens with one attached hydrogen (secondary N) is 2. The first-order chi connectivity index (χ1) is 6.68. The summed E-state index contributed by atoms with van der Waals surface area (Å²) in [5, 5.41) is 15.7. The average molecular weight is 215 g/mol. The van der Waals surface area contributed by atoms with Crippen molar-refractivity contribution in [1.82, 2.24) is 10.3 Å². The molecule has 0 unspecified atom stereocenters. The molecule has 76 valence electrons. The summed E-state index contributed by atoms with van der Waals surface area (Å²) in [5.74, 6) is -1.44. The first-order valence-corrected chi connectivity index (χ1v) is 4.68. The molecule has 0 aliphatic carbocycles. The van der Waals surface area contributed by atoms with Crippen molar-refractivity contribution in [3.63, 3.8) is 0 Å². The first kappa shape index (κ1) is 10.5. The van der Waals surface area contributed by atoms with Gasteiger partial charge in [-0.1, -0.05) is 0 Å². The number of carbonyl (C=O) groups excluding carboxylic acids is 1. The fourth-order valence-corrected chi connectivity index (χ4v) is 1.23. The Morgan fingerprint density at radius 1 is 1.50 bits per heavy atom. The molecule has 6 nitrogen and oxygen atoms in total. The lowest BCUT2D eigenvalue weighted by Gasteiger charge is -2.02. The van der Waals surface area contributed by atoms with Crippen LogP contribution in [0.4, 0.5) is 5.13 Å². The maximum atomic E-state index is 11.0. The second kappa shape index (κ2) is 5.18. The lowest BCUT2D eigenvalue weighted by molar-refractivity contribution is -0.137. The highest BCUT2D eigenvalue weighted by Crippen LogP contribution is 2.08. The molecule has 0 saturated heterocycles. The number of nitrogens with zero attached hydrogens (tertiary/aromatic N) is 1. The van der Waals surface area contributed by atoms with Crippen molar-refractivity contribution in [3.05, 3.63) is 11.6 Å². The smallest absolute Gasteiger partial charge is 0.322 e. The number of amides is 1. The second-order valence-corrected chi connectivity index (χ2v) is 3.26. The first-order valence-electron chi connectivity index (χ1n) is 3.80. The number of aromatic nitrogens is 1. The minimum absolute atomic E-state index is 0.0286. The Hall–Kier alpha value is -1.63. The van der Waals surface area contributed by atoms with Gasteiger partial charge in [0, 0.05) is 11.6 Å². The van der Waals surface area contributed by atoms with Crippen LogP contribution in [0.2, 0.25) is 0 Å². The number of thiazole rings is 1. The number of carbonyl (C=O) groups is 2. The van der Waals surface area contributed by atoms with Crippen molar-refractivity contribution in [2.24, 2.45) is 0 Å². The van der Waals surface area contributed by atoms with Crippen molar-refractivity contribution in [3.8, 4) is 0 Å². The zero-order valence-corrected chi connectivity index (χ0v) is 8.00. The summed E-state index contributed by atoms with van der Waals surface area (Å²) in [6.45, 7) is -0.334. The Morgan fingerprint density at radius 3 is 2.86 bits per heavy atom. The number of hydrogen-bond acceptors (Lipinski definition) is 5. The molecule has 7 heteroatoms. The molecule has 0 fully saturated rings. The van der Waals surface area contributed by atoms with E-state index in [1.807, 2.05) is 0 Å². The van der Waals surface area contributed by atoms with Gasteiger partial charge in [0.05, 0.1) is 6.54 Å². The van der Waals surface area contributed by atoms with E-state index in [9.17, 15) is 9.59 Å². The lowest BCUT2D eigenvalue weighted by atomic mass is 10.5. The molecule has 0 aromatic carbocycles. The number of anilines is 1. The molecule has 1 amide bonds. The van der Waals surface area contributed by atoms with Gasteiger partial charge in [-0.05, 0) is 0 Å². The minimum Gasteiger partial charge on any atom is -0.480 e. The van der Waals surface area contributed by atoms with Crippen molar-refractivity contribution >= 4 is 28.3 Å². The maximum Gasteiger partial charge on any atom is 0.322 e. The molecule has 0 aliphatic rings. The maximum absolute atomic E-state index is 11.0. The van der Waals surface area contributed by atoms with Gasteiger partial charge in [-0.3, -0.25) is 9.59 Å². The third kappa shape index (κ3) is 3.85. The summed E-state index contributed by atoms with van der Waals surface area (Å²) in [5.41, 5.74) is 0. The van der Waals surface area contributed by atoms with Gasteiger partial charge in [0.25, 0.3) is 0 Å². The molecule has 0 bridgehead atoms. The van der Waals surface area contributed by atoms with Gasteiger partial charge in [0.2, 0.25) is 5.91 Å². The van der Waals surface area contributed by atoms with Gasteiger partial charge in [0.15, 0.2) is 5.13 Å². The van der Waals surface area contributed by atoms with Crippen molar-refractivity contribution in [2.45, 2.75) is 0 Å². The number of carboxylic acids is 1. The molecule has 1 aromatic heterocycles. The summed E-state index contributed by atoms with van der Waals surface area (Å²) in [6.07, 6.45) is 1.61. The van der Waals surface area contributed by atoms with E-state index in [1.165, 1.54) is 11.3 Å². The molecular weight excluding hydrogens is 206 g/mol.